The summed E-state index contributed by atoms with van der Waals surface area (Å²) in [6, 6.07) is 2.88. The molecule has 0 unspecified atom stereocenters. The summed E-state index contributed by atoms with van der Waals surface area (Å²) in [4.78, 5) is 26.6. The monoisotopic (exact) mass is 328 g/mol. The van der Waals surface area contributed by atoms with Gasteiger partial charge in [-0.15, -0.1) is 0 Å². The first-order valence-corrected chi connectivity index (χ1v) is 7.81. The Hall–Kier alpha value is -1.74. The molecule has 0 atom stereocenters. The second-order valence-electron chi connectivity index (χ2n) is 4.51. The van der Waals surface area contributed by atoms with Crippen molar-refractivity contribution < 1.29 is 9.72 Å². The van der Waals surface area contributed by atoms with Gasteiger partial charge in [0.05, 0.1) is 9.80 Å². The van der Waals surface area contributed by atoms with Crippen LogP contribution < -0.4 is 5.32 Å². The van der Waals surface area contributed by atoms with E-state index in [4.69, 9.17) is 12.2 Å². The molecule has 1 N–H and O–H groups in total. The topological polar surface area (TPSA) is 78.7 Å². The Morgan fingerprint density at radius 2 is 2.00 bits per heavy atom. The lowest BCUT2D eigenvalue weighted by atomic mass is 10.3. The van der Waals surface area contributed by atoms with Gasteiger partial charge in [-0.1, -0.05) is 11.3 Å². The predicted octanol–water partition coefficient (Wildman–Crippen LogP) is 1.31. The Labute approximate surface area is 131 Å². The standard InChI is InChI=1S/C12H16N4O3S2/c1-2-13-12(20)15-7-5-14(6-8-15)11(17)9-3-4-10(21-9)16(18)19/h3-4H,2,5-8H2,1H3,(H,13,20). The molecule has 1 saturated heterocycles. The fraction of sp³-hybridized carbons (Fsp3) is 0.500. The van der Waals surface area contributed by atoms with Gasteiger partial charge in [-0.05, 0) is 25.2 Å². The molecule has 0 bridgehead atoms. The van der Waals surface area contributed by atoms with Crippen LogP contribution in [0, 0.1) is 10.1 Å². The van der Waals surface area contributed by atoms with Crippen molar-refractivity contribution in [3.8, 4) is 0 Å². The summed E-state index contributed by atoms with van der Waals surface area (Å²) in [5, 5.41) is 14.4. The molecule has 0 saturated carbocycles. The molecule has 1 aromatic rings. The maximum atomic E-state index is 12.3. The highest BCUT2D eigenvalue weighted by Gasteiger charge is 2.25. The first-order chi connectivity index (χ1) is 10.0. The zero-order valence-corrected chi connectivity index (χ0v) is 13.2. The normalized spacial score (nSPS) is 14.9. The van der Waals surface area contributed by atoms with E-state index >= 15 is 0 Å². The summed E-state index contributed by atoms with van der Waals surface area (Å²) >= 11 is 6.16. The molecule has 0 radical (unpaired) electrons. The number of nitrogens with zero attached hydrogens (tertiary/aromatic N) is 3. The Bertz CT molecular complexity index is 552. The third-order valence-electron chi connectivity index (χ3n) is 3.16. The molecule has 0 aromatic carbocycles. The van der Waals surface area contributed by atoms with Crippen molar-refractivity contribution in [2.45, 2.75) is 6.92 Å². The minimum absolute atomic E-state index is 0.00897. The van der Waals surface area contributed by atoms with Gasteiger partial charge >= 0.3 is 5.00 Å². The number of carbonyl (C=O) groups excluding carboxylic acids is 1. The molecule has 21 heavy (non-hydrogen) atoms. The molecule has 2 heterocycles. The summed E-state index contributed by atoms with van der Waals surface area (Å²) in [6.07, 6.45) is 0. The number of amides is 1. The Balaban J connectivity index is 1.93. The van der Waals surface area contributed by atoms with E-state index < -0.39 is 4.92 Å². The largest absolute Gasteiger partial charge is 0.363 e. The summed E-state index contributed by atoms with van der Waals surface area (Å²) in [7, 11) is 0. The highest BCUT2D eigenvalue weighted by molar-refractivity contribution is 7.80. The van der Waals surface area contributed by atoms with Crippen LogP contribution >= 0.6 is 23.6 Å². The lowest BCUT2D eigenvalue weighted by Crippen LogP contribution is -2.52. The van der Waals surface area contributed by atoms with Crippen molar-refractivity contribution in [1.82, 2.24) is 15.1 Å². The third kappa shape index (κ3) is 3.67. The second kappa shape index (κ2) is 6.81. The summed E-state index contributed by atoms with van der Waals surface area (Å²) in [5.41, 5.74) is 0. The molecule has 9 heteroatoms. The number of carbonyl (C=O) groups is 1. The number of nitrogens with one attached hydrogen (secondary N) is 1. The van der Waals surface area contributed by atoms with E-state index in [2.05, 4.69) is 5.32 Å². The van der Waals surface area contributed by atoms with Gasteiger partial charge in [0.2, 0.25) is 0 Å². The Morgan fingerprint density at radius 3 is 2.52 bits per heavy atom. The van der Waals surface area contributed by atoms with Crippen LogP contribution in [0.1, 0.15) is 16.6 Å². The Kier molecular flexibility index (Phi) is 5.07. The molecule has 1 aliphatic heterocycles. The van der Waals surface area contributed by atoms with Gasteiger partial charge in [-0.2, -0.15) is 0 Å². The van der Waals surface area contributed by atoms with Crippen LogP contribution in [0.4, 0.5) is 5.00 Å². The molecule has 0 spiro atoms. The van der Waals surface area contributed by atoms with Gasteiger partial charge < -0.3 is 15.1 Å². The summed E-state index contributed by atoms with van der Waals surface area (Å²) < 4.78 is 0. The molecule has 1 aromatic heterocycles. The van der Waals surface area contributed by atoms with E-state index in [9.17, 15) is 14.9 Å². The van der Waals surface area contributed by atoms with Gasteiger partial charge in [-0.25, -0.2) is 0 Å². The Morgan fingerprint density at radius 1 is 1.38 bits per heavy atom. The van der Waals surface area contributed by atoms with Gasteiger partial charge in [0, 0.05) is 38.8 Å². The van der Waals surface area contributed by atoms with Crippen LogP contribution in [-0.2, 0) is 0 Å². The quantitative estimate of drug-likeness (QED) is 0.512. The average Bonchev–Trinajstić information content (AvgIpc) is 2.97. The van der Waals surface area contributed by atoms with Crippen molar-refractivity contribution in [3.63, 3.8) is 0 Å². The van der Waals surface area contributed by atoms with Gasteiger partial charge in [0.1, 0.15) is 0 Å². The SMILES string of the molecule is CCNC(=S)N1CCN(C(=O)c2ccc([N+](=O)[O-])s2)CC1. The summed E-state index contributed by atoms with van der Waals surface area (Å²) in [6.45, 7) is 5.23. The predicted molar refractivity (Wildman–Crippen MR) is 84.7 cm³/mol. The molecule has 1 amide bonds. The number of hydrogen-bond acceptors (Lipinski definition) is 5. The van der Waals surface area contributed by atoms with Crippen LogP contribution in [0.15, 0.2) is 12.1 Å². The van der Waals surface area contributed by atoms with E-state index in [0.29, 0.717) is 36.2 Å². The van der Waals surface area contributed by atoms with Crippen LogP contribution in [0.3, 0.4) is 0 Å². The number of thiocarbonyl (C=S) groups is 1. The van der Waals surface area contributed by atoms with Crippen molar-refractivity contribution in [3.05, 3.63) is 27.1 Å². The highest BCUT2D eigenvalue weighted by atomic mass is 32.1. The van der Waals surface area contributed by atoms with E-state index in [1.165, 1.54) is 12.1 Å². The zero-order chi connectivity index (χ0) is 15.4. The fourth-order valence-electron chi connectivity index (χ4n) is 2.07. The van der Waals surface area contributed by atoms with Gasteiger partial charge in [0.25, 0.3) is 5.91 Å². The smallest absolute Gasteiger partial charge is 0.324 e. The number of nitro groups is 1. The number of thiophene rings is 1. The van der Waals surface area contributed by atoms with E-state index in [1.54, 1.807) is 4.90 Å². The first kappa shape index (κ1) is 15.6. The lowest BCUT2D eigenvalue weighted by Gasteiger charge is -2.35. The fourth-order valence-corrected chi connectivity index (χ4v) is 3.19. The van der Waals surface area contributed by atoms with Crippen LogP contribution in [0.5, 0.6) is 0 Å². The minimum atomic E-state index is -0.478. The average molecular weight is 328 g/mol. The molecular weight excluding hydrogens is 312 g/mol. The van der Waals surface area contributed by atoms with Gasteiger partial charge in [-0.3, -0.25) is 14.9 Å². The number of piperazine rings is 1. The van der Waals surface area contributed by atoms with Crippen LogP contribution in [0.2, 0.25) is 0 Å². The number of rotatable bonds is 3. The van der Waals surface area contributed by atoms with E-state index in [-0.39, 0.29) is 10.9 Å². The molecule has 7 nitrogen and oxygen atoms in total. The van der Waals surface area contributed by atoms with Crippen LogP contribution in [0.25, 0.3) is 0 Å². The molecule has 0 aliphatic carbocycles. The number of hydrogen-bond donors (Lipinski definition) is 1. The van der Waals surface area contributed by atoms with Crippen molar-refractivity contribution in [2.75, 3.05) is 32.7 Å². The maximum Gasteiger partial charge on any atom is 0.324 e. The van der Waals surface area contributed by atoms with Crippen molar-refractivity contribution in [2.24, 2.45) is 0 Å². The minimum Gasteiger partial charge on any atom is -0.363 e. The van der Waals surface area contributed by atoms with E-state index in [0.717, 1.165) is 17.9 Å². The molecule has 1 fully saturated rings. The second-order valence-corrected chi connectivity index (χ2v) is 5.96. The maximum absolute atomic E-state index is 12.3. The van der Waals surface area contributed by atoms with Crippen molar-refractivity contribution in [1.29, 1.82) is 0 Å². The van der Waals surface area contributed by atoms with E-state index in [1.807, 2.05) is 11.8 Å². The third-order valence-corrected chi connectivity index (χ3v) is 4.59. The molecular formula is C12H16N4O3S2. The van der Waals surface area contributed by atoms with Crippen LogP contribution in [-0.4, -0.2) is 58.5 Å². The van der Waals surface area contributed by atoms with Gasteiger partial charge in [0.15, 0.2) is 5.11 Å². The molecule has 114 valence electrons. The summed E-state index contributed by atoms with van der Waals surface area (Å²) in [5.74, 6) is -0.151. The lowest BCUT2D eigenvalue weighted by molar-refractivity contribution is -0.380. The molecule has 1 aliphatic rings. The zero-order valence-electron chi connectivity index (χ0n) is 11.6. The van der Waals surface area contributed by atoms with Crippen molar-refractivity contribution >= 4 is 39.6 Å². The molecule has 2 rings (SSSR count). The first-order valence-electron chi connectivity index (χ1n) is 6.59. The highest BCUT2D eigenvalue weighted by Crippen LogP contribution is 2.25.